The molecule has 0 aliphatic carbocycles. The summed E-state index contributed by atoms with van der Waals surface area (Å²) in [5.41, 5.74) is 0. The van der Waals surface area contributed by atoms with Gasteiger partial charge in [-0.05, 0) is 0 Å². The highest BCUT2D eigenvalue weighted by molar-refractivity contribution is 4.30. The number of hydrogen-bond donors (Lipinski definition) is 1. The van der Waals surface area contributed by atoms with Crippen LogP contribution in [0.4, 0.5) is 4.39 Å². The van der Waals surface area contributed by atoms with Crippen molar-refractivity contribution in [3.63, 3.8) is 0 Å². The molecule has 0 aromatic heterocycles. The molecule has 0 aliphatic rings. The first-order chi connectivity index (χ1) is 2.41. The number of aliphatic hydroxyl groups is 1. The summed E-state index contributed by atoms with van der Waals surface area (Å²) in [7, 11) is 4.25. The third kappa shape index (κ3) is 7.88. The summed E-state index contributed by atoms with van der Waals surface area (Å²) < 4.78 is 8.75. The summed E-state index contributed by atoms with van der Waals surface area (Å²) in [4.78, 5) is 0. The third-order valence-corrected chi connectivity index (χ3v) is 0. The molecule has 27 valence electrons. The van der Waals surface area contributed by atoms with E-state index in [0.717, 1.165) is 6.26 Å². The Balaban J connectivity index is 0. The molecule has 2 nitrogen and oxygen atoms in total. The Hall–Kier alpha value is -0.780. The quantitative estimate of drug-likeness (QED) is 0.421. The summed E-state index contributed by atoms with van der Waals surface area (Å²) in [6.45, 7) is 0. The predicted molar refractivity (Wildman–Crippen MR) is 11.9 cm³/mol. The topological polar surface area (TPSA) is 44.0 Å². The molecule has 0 spiro atoms. The predicted octanol–water partition coefficient (Wildman–Crippen LogP) is 0.341. The van der Waals surface area contributed by atoms with Crippen LogP contribution in [0.15, 0.2) is 0 Å². The maximum Gasteiger partial charge on any atom is 0.283 e. The molecular formula is C2HFNO. The van der Waals surface area contributed by atoms with E-state index in [-0.39, 0.29) is 0 Å². The SMILES string of the molecule is N#CO.[C]F. The first-order valence-corrected chi connectivity index (χ1v) is 0.636. The van der Waals surface area contributed by atoms with Crippen molar-refractivity contribution >= 4 is 0 Å². The van der Waals surface area contributed by atoms with Gasteiger partial charge in [0.2, 0.25) is 7.18 Å². The normalized spacial score (nSPS) is 2.60. The van der Waals surface area contributed by atoms with Crippen molar-refractivity contribution in [2.45, 2.75) is 0 Å². The molecule has 0 unspecified atom stereocenters. The van der Waals surface area contributed by atoms with Crippen LogP contribution in [0.5, 0.6) is 0 Å². The molecule has 0 fully saturated rings. The van der Waals surface area contributed by atoms with Crippen LogP contribution in [0.3, 0.4) is 0 Å². The number of nitriles is 1. The standard InChI is InChI=1S/CF.CHNO/c1-2;2-1-3/h;3H. The summed E-state index contributed by atoms with van der Waals surface area (Å²) in [6.07, 6.45) is 0.750. The Morgan fingerprint density at radius 1 is 1.80 bits per heavy atom. The number of nitrogens with zero attached hydrogens (tertiary/aromatic N) is 1. The molecule has 1 N–H and O–H groups in total. The number of aliphatic hydroxyl groups excluding tert-OH is 1. The van der Waals surface area contributed by atoms with Gasteiger partial charge in [-0.15, -0.1) is 0 Å². The van der Waals surface area contributed by atoms with Gasteiger partial charge in [-0.2, -0.15) is 5.26 Å². The minimum Gasteiger partial charge on any atom is -0.443 e. The van der Waals surface area contributed by atoms with Crippen LogP contribution in [-0.2, 0) is 0 Å². The van der Waals surface area contributed by atoms with E-state index in [1.165, 1.54) is 0 Å². The van der Waals surface area contributed by atoms with Crippen LogP contribution in [0.25, 0.3) is 0 Å². The van der Waals surface area contributed by atoms with Gasteiger partial charge in [0.05, 0.1) is 0 Å². The Labute approximate surface area is 29.5 Å². The molecule has 0 bridgehead atoms. The molecular weight excluding hydrogens is 73.0 g/mol. The maximum absolute atomic E-state index is 8.75. The van der Waals surface area contributed by atoms with Gasteiger partial charge in [-0.3, -0.25) is 0 Å². The van der Waals surface area contributed by atoms with Crippen LogP contribution in [-0.4, -0.2) is 5.11 Å². The molecule has 0 heterocycles. The molecule has 0 atom stereocenters. The van der Waals surface area contributed by atoms with E-state index in [1.807, 2.05) is 0 Å². The van der Waals surface area contributed by atoms with Crippen LogP contribution in [0.2, 0.25) is 0 Å². The van der Waals surface area contributed by atoms with E-state index in [1.54, 1.807) is 0 Å². The van der Waals surface area contributed by atoms with Gasteiger partial charge in [0.1, 0.15) is 0 Å². The van der Waals surface area contributed by atoms with Crippen molar-refractivity contribution in [1.29, 1.82) is 5.26 Å². The van der Waals surface area contributed by atoms with E-state index in [4.69, 9.17) is 14.8 Å². The Kier molecular flexibility index (Phi) is 582. The van der Waals surface area contributed by atoms with E-state index < -0.39 is 0 Å². The molecule has 0 rings (SSSR count). The van der Waals surface area contributed by atoms with E-state index in [2.05, 4.69) is 7.18 Å². The lowest BCUT2D eigenvalue weighted by atomic mass is 11.6. The second kappa shape index (κ2) is 328. The number of hydrogen-bond acceptors (Lipinski definition) is 2. The molecule has 3 radical (unpaired) electrons. The Morgan fingerprint density at radius 2 is 1.80 bits per heavy atom. The fourth-order valence-corrected chi connectivity index (χ4v) is 0. The summed E-state index contributed by atoms with van der Waals surface area (Å²) in [6, 6.07) is 0. The van der Waals surface area contributed by atoms with Gasteiger partial charge >= 0.3 is 0 Å². The summed E-state index contributed by atoms with van der Waals surface area (Å²) in [5, 5.41) is 13.8. The molecule has 0 amide bonds. The van der Waals surface area contributed by atoms with Crippen LogP contribution in [0, 0.1) is 18.7 Å². The highest BCUT2D eigenvalue weighted by atomic mass is 19.1. The van der Waals surface area contributed by atoms with Crippen molar-refractivity contribution in [2.24, 2.45) is 0 Å². The first kappa shape index (κ1) is 8.88. The minimum atomic E-state index is 0.750. The Morgan fingerprint density at radius 3 is 1.80 bits per heavy atom. The monoisotopic (exact) mass is 74.0 g/mol. The van der Waals surface area contributed by atoms with Crippen molar-refractivity contribution < 1.29 is 9.50 Å². The fourth-order valence-electron chi connectivity index (χ4n) is 0. The second-order valence-electron chi connectivity index (χ2n) is 0.100. The molecule has 3 heteroatoms. The lowest BCUT2D eigenvalue weighted by molar-refractivity contribution is 0.503. The second-order valence-corrected chi connectivity index (χ2v) is 0.100. The van der Waals surface area contributed by atoms with Crippen molar-refractivity contribution in [3.8, 4) is 6.26 Å². The third-order valence-electron chi connectivity index (χ3n) is 0. The molecule has 0 saturated carbocycles. The zero-order valence-electron chi connectivity index (χ0n) is 2.27. The van der Waals surface area contributed by atoms with Crippen molar-refractivity contribution in [3.05, 3.63) is 7.18 Å². The Bertz CT molecular complexity index is 31.1. The van der Waals surface area contributed by atoms with Gasteiger partial charge in [0.15, 0.2) is 0 Å². The van der Waals surface area contributed by atoms with Crippen LogP contribution < -0.4 is 0 Å². The van der Waals surface area contributed by atoms with Crippen molar-refractivity contribution in [1.82, 2.24) is 0 Å². The molecule has 0 saturated heterocycles. The minimum absolute atomic E-state index is 0.750. The maximum atomic E-state index is 8.75. The summed E-state index contributed by atoms with van der Waals surface area (Å²) in [5.74, 6) is 0. The fraction of sp³-hybridized carbons (Fsp3) is 0. The highest BCUT2D eigenvalue weighted by Crippen LogP contribution is 1.27. The van der Waals surface area contributed by atoms with Gasteiger partial charge in [0.25, 0.3) is 6.26 Å². The zero-order valence-corrected chi connectivity index (χ0v) is 2.27. The number of halogens is 1. The van der Waals surface area contributed by atoms with E-state index in [0.29, 0.717) is 0 Å². The zero-order chi connectivity index (χ0) is 4.71. The largest absolute Gasteiger partial charge is 0.443 e. The van der Waals surface area contributed by atoms with Crippen LogP contribution in [0.1, 0.15) is 0 Å². The van der Waals surface area contributed by atoms with Gasteiger partial charge in [-0.1, -0.05) is 0 Å². The van der Waals surface area contributed by atoms with E-state index in [9.17, 15) is 0 Å². The summed E-state index contributed by atoms with van der Waals surface area (Å²) >= 11 is 0. The average molecular weight is 74.0 g/mol. The molecule has 0 aromatic rings. The van der Waals surface area contributed by atoms with Gasteiger partial charge in [-0.25, -0.2) is 4.39 Å². The molecule has 0 aromatic carbocycles. The molecule has 5 heavy (non-hydrogen) atoms. The first-order valence-electron chi connectivity index (χ1n) is 0.636. The van der Waals surface area contributed by atoms with E-state index >= 15 is 0 Å². The lowest BCUT2D eigenvalue weighted by Gasteiger charge is -1.25. The lowest BCUT2D eigenvalue weighted by Crippen LogP contribution is -1.27. The highest BCUT2D eigenvalue weighted by Gasteiger charge is 1.16. The number of rotatable bonds is 0. The van der Waals surface area contributed by atoms with Gasteiger partial charge in [0, 0.05) is 0 Å². The molecule has 0 aliphatic heterocycles. The van der Waals surface area contributed by atoms with Crippen molar-refractivity contribution in [2.75, 3.05) is 0 Å². The smallest absolute Gasteiger partial charge is 0.283 e. The van der Waals surface area contributed by atoms with Crippen LogP contribution >= 0.6 is 0 Å². The average Bonchev–Trinajstić information content (AvgIpc) is 1.46. The van der Waals surface area contributed by atoms with Gasteiger partial charge < -0.3 is 5.11 Å².